The summed E-state index contributed by atoms with van der Waals surface area (Å²) in [5, 5.41) is 3.16. The minimum Gasteiger partial charge on any atom is -0.397 e. The van der Waals surface area contributed by atoms with Gasteiger partial charge in [-0.15, -0.1) is 11.8 Å². The maximum absolute atomic E-state index is 12.2. The number of nitrogens with two attached hydrogens (primary N) is 1. The molecule has 0 bridgehead atoms. The molecular formula is C16H17ClN2OS. The van der Waals surface area contributed by atoms with E-state index in [0.717, 1.165) is 10.5 Å². The van der Waals surface area contributed by atoms with Crippen LogP contribution in [0.25, 0.3) is 0 Å². The van der Waals surface area contributed by atoms with E-state index >= 15 is 0 Å². The first-order chi connectivity index (χ1) is 9.97. The summed E-state index contributed by atoms with van der Waals surface area (Å²) in [5.74, 6) is -0.0859. The quantitative estimate of drug-likeness (QED) is 0.650. The molecule has 3 nitrogen and oxygen atoms in total. The number of carbonyl (C=O) groups is 1. The van der Waals surface area contributed by atoms with Crippen molar-refractivity contribution in [3.05, 3.63) is 53.1 Å². The normalized spacial score (nSPS) is 12.0. The number of nitrogens with one attached hydrogen (secondary N) is 1. The lowest BCUT2D eigenvalue weighted by Gasteiger charge is -2.14. The molecule has 2 aromatic carbocycles. The average Bonchev–Trinajstić information content (AvgIpc) is 2.44. The molecule has 2 rings (SSSR count). The smallest absolute Gasteiger partial charge is 0.237 e. The SMILES string of the molecule is Cc1ccccc1SC(C)C(=O)Nc1ccc(Cl)cc1N. The lowest BCUT2D eigenvalue weighted by Crippen LogP contribution is -2.23. The summed E-state index contributed by atoms with van der Waals surface area (Å²) in [5.41, 5.74) is 8.05. The number of amides is 1. The molecule has 0 aromatic heterocycles. The van der Waals surface area contributed by atoms with Crippen LogP contribution >= 0.6 is 23.4 Å². The van der Waals surface area contributed by atoms with Gasteiger partial charge in [-0.1, -0.05) is 29.8 Å². The molecule has 0 aliphatic heterocycles. The molecule has 110 valence electrons. The van der Waals surface area contributed by atoms with Crippen LogP contribution in [0.5, 0.6) is 0 Å². The fraction of sp³-hybridized carbons (Fsp3) is 0.188. The Hall–Kier alpha value is -1.65. The van der Waals surface area contributed by atoms with Gasteiger partial charge in [-0.3, -0.25) is 4.79 Å². The van der Waals surface area contributed by atoms with Crippen LogP contribution < -0.4 is 11.1 Å². The van der Waals surface area contributed by atoms with Crippen molar-refractivity contribution in [1.29, 1.82) is 0 Å². The molecule has 0 aliphatic carbocycles. The second-order valence-electron chi connectivity index (χ2n) is 4.75. The largest absolute Gasteiger partial charge is 0.397 e. The number of anilines is 2. The second-order valence-corrected chi connectivity index (χ2v) is 6.57. The van der Waals surface area contributed by atoms with E-state index in [2.05, 4.69) is 5.32 Å². The summed E-state index contributed by atoms with van der Waals surface area (Å²) in [7, 11) is 0. The lowest BCUT2D eigenvalue weighted by atomic mass is 10.2. The van der Waals surface area contributed by atoms with Crippen molar-refractivity contribution in [2.75, 3.05) is 11.1 Å². The van der Waals surface area contributed by atoms with Gasteiger partial charge in [-0.25, -0.2) is 0 Å². The van der Waals surface area contributed by atoms with Gasteiger partial charge in [0.1, 0.15) is 0 Å². The van der Waals surface area contributed by atoms with Crippen molar-refractivity contribution in [3.63, 3.8) is 0 Å². The van der Waals surface area contributed by atoms with Gasteiger partial charge < -0.3 is 11.1 Å². The highest BCUT2D eigenvalue weighted by Gasteiger charge is 2.16. The van der Waals surface area contributed by atoms with E-state index in [1.165, 1.54) is 11.8 Å². The Morgan fingerprint density at radius 1 is 1.29 bits per heavy atom. The third-order valence-electron chi connectivity index (χ3n) is 3.04. The van der Waals surface area contributed by atoms with E-state index in [-0.39, 0.29) is 11.2 Å². The van der Waals surface area contributed by atoms with Crippen LogP contribution in [0.3, 0.4) is 0 Å². The Balaban J connectivity index is 2.04. The fourth-order valence-corrected chi connectivity index (χ4v) is 2.95. The van der Waals surface area contributed by atoms with E-state index in [4.69, 9.17) is 17.3 Å². The van der Waals surface area contributed by atoms with E-state index in [1.54, 1.807) is 18.2 Å². The van der Waals surface area contributed by atoms with Crippen molar-refractivity contribution in [1.82, 2.24) is 0 Å². The minimum absolute atomic E-state index is 0.0859. The van der Waals surface area contributed by atoms with Crippen LogP contribution in [0.2, 0.25) is 5.02 Å². The molecular weight excluding hydrogens is 304 g/mol. The first-order valence-electron chi connectivity index (χ1n) is 6.55. The third-order valence-corrected chi connectivity index (χ3v) is 4.55. The highest BCUT2D eigenvalue weighted by atomic mass is 35.5. The number of rotatable bonds is 4. The number of carbonyl (C=O) groups excluding carboxylic acids is 1. The number of halogens is 1. The molecule has 0 heterocycles. The molecule has 0 saturated heterocycles. The van der Waals surface area contributed by atoms with Gasteiger partial charge in [0.15, 0.2) is 0 Å². The molecule has 5 heteroatoms. The van der Waals surface area contributed by atoms with Gasteiger partial charge in [0.25, 0.3) is 0 Å². The monoisotopic (exact) mass is 320 g/mol. The van der Waals surface area contributed by atoms with Crippen molar-refractivity contribution < 1.29 is 4.79 Å². The molecule has 2 aromatic rings. The summed E-state index contributed by atoms with van der Waals surface area (Å²) in [4.78, 5) is 13.3. The van der Waals surface area contributed by atoms with Crippen LogP contribution in [-0.4, -0.2) is 11.2 Å². The Labute approximate surface area is 133 Å². The van der Waals surface area contributed by atoms with Crippen LogP contribution in [0.1, 0.15) is 12.5 Å². The third kappa shape index (κ3) is 4.16. The molecule has 21 heavy (non-hydrogen) atoms. The van der Waals surface area contributed by atoms with Crippen LogP contribution in [0.4, 0.5) is 11.4 Å². The topological polar surface area (TPSA) is 55.1 Å². The summed E-state index contributed by atoms with van der Waals surface area (Å²) >= 11 is 7.37. The van der Waals surface area contributed by atoms with E-state index in [9.17, 15) is 4.79 Å². The molecule has 3 N–H and O–H groups in total. The predicted octanol–water partition coefficient (Wildman–Crippen LogP) is 4.35. The van der Waals surface area contributed by atoms with Crippen molar-refractivity contribution in [2.45, 2.75) is 24.0 Å². The molecule has 1 amide bonds. The molecule has 0 saturated carbocycles. The maximum Gasteiger partial charge on any atom is 0.237 e. The second kappa shape index (κ2) is 6.87. The molecule has 0 radical (unpaired) electrons. The zero-order valence-electron chi connectivity index (χ0n) is 11.9. The van der Waals surface area contributed by atoms with Crippen molar-refractivity contribution in [2.24, 2.45) is 0 Å². The lowest BCUT2D eigenvalue weighted by molar-refractivity contribution is -0.115. The highest BCUT2D eigenvalue weighted by Crippen LogP contribution is 2.28. The van der Waals surface area contributed by atoms with Gasteiger partial charge in [0, 0.05) is 9.92 Å². The zero-order chi connectivity index (χ0) is 15.4. The minimum atomic E-state index is -0.221. The fourth-order valence-electron chi connectivity index (χ4n) is 1.81. The summed E-state index contributed by atoms with van der Waals surface area (Å²) in [6, 6.07) is 13.0. The van der Waals surface area contributed by atoms with Crippen LogP contribution in [-0.2, 0) is 4.79 Å². The van der Waals surface area contributed by atoms with Crippen LogP contribution in [0, 0.1) is 6.92 Å². The number of aryl methyl sites for hydroxylation is 1. The van der Waals surface area contributed by atoms with E-state index in [0.29, 0.717) is 16.4 Å². The van der Waals surface area contributed by atoms with E-state index in [1.807, 2.05) is 38.1 Å². The summed E-state index contributed by atoms with van der Waals surface area (Å²) in [6.07, 6.45) is 0. The predicted molar refractivity (Wildman–Crippen MR) is 91.0 cm³/mol. The maximum atomic E-state index is 12.2. The highest BCUT2D eigenvalue weighted by molar-refractivity contribution is 8.00. The van der Waals surface area contributed by atoms with Gasteiger partial charge in [-0.2, -0.15) is 0 Å². The Morgan fingerprint density at radius 3 is 2.67 bits per heavy atom. The van der Waals surface area contributed by atoms with Crippen molar-refractivity contribution in [3.8, 4) is 0 Å². The Bertz CT molecular complexity index is 660. The summed E-state index contributed by atoms with van der Waals surface area (Å²) < 4.78 is 0. The Morgan fingerprint density at radius 2 is 2.00 bits per heavy atom. The van der Waals surface area contributed by atoms with Gasteiger partial charge in [0.2, 0.25) is 5.91 Å². The molecule has 1 unspecified atom stereocenters. The molecule has 0 aliphatic rings. The number of benzene rings is 2. The standard InChI is InChI=1S/C16H17ClN2OS/c1-10-5-3-4-6-15(10)21-11(2)16(20)19-14-8-7-12(17)9-13(14)18/h3-9,11H,18H2,1-2H3,(H,19,20). The van der Waals surface area contributed by atoms with Gasteiger partial charge >= 0.3 is 0 Å². The molecule has 0 spiro atoms. The first kappa shape index (κ1) is 15.7. The molecule has 1 atom stereocenters. The van der Waals surface area contributed by atoms with Gasteiger partial charge in [0.05, 0.1) is 16.6 Å². The van der Waals surface area contributed by atoms with Gasteiger partial charge in [-0.05, 0) is 43.7 Å². The van der Waals surface area contributed by atoms with Crippen molar-refractivity contribution >= 4 is 40.6 Å². The number of hydrogen-bond donors (Lipinski definition) is 2. The molecule has 0 fully saturated rings. The number of thioether (sulfide) groups is 1. The first-order valence-corrected chi connectivity index (χ1v) is 7.81. The average molecular weight is 321 g/mol. The number of hydrogen-bond acceptors (Lipinski definition) is 3. The zero-order valence-corrected chi connectivity index (χ0v) is 13.5. The number of nitrogen functional groups attached to an aromatic ring is 1. The van der Waals surface area contributed by atoms with Crippen LogP contribution in [0.15, 0.2) is 47.4 Å². The summed E-state index contributed by atoms with van der Waals surface area (Å²) in [6.45, 7) is 3.91. The Kier molecular flexibility index (Phi) is 5.15. The van der Waals surface area contributed by atoms with E-state index < -0.39 is 0 Å².